The van der Waals surface area contributed by atoms with E-state index in [0.29, 0.717) is 12.5 Å². The second kappa shape index (κ2) is 35.8. The van der Waals surface area contributed by atoms with Crippen LogP contribution in [0.3, 0.4) is 0 Å². The summed E-state index contributed by atoms with van der Waals surface area (Å²) in [7, 11) is 0. The SMILES string of the molecule is CCCCCCCCCN(CCCCCCCCC)CCC1CCN(C(=O)CN(CCCCCCCCC)CCCCCCCCC)CC1. The molecule has 0 aromatic heterocycles. The van der Waals surface area contributed by atoms with Crippen LogP contribution in [0, 0.1) is 5.92 Å². The van der Waals surface area contributed by atoms with Crippen LogP contribution in [0.15, 0.2) is 0 Å². The van der Waals surface area contributed by atoms with Gasteiger partial charge in [-0.25, -0.2) is 0 Å². The van der Waals surface area contributed by atoms with Gasteiger partial charge in [0.25, 0.3) is 0 Å². The first kappa shape index (κ1) is 46.4. The molecule has 0 atom stereocenters. The van der Waals surface area contributed by atoms with Gasteiger partial charge in [-0.2, -0.15) is 0 Å². The van der Waals surface area contributed by atoms with Gasteiger partial charge in [0.1, 0.15) is 0 Å². The van der Waals surface area contributed by atoms with Gasteiger partial charge in [0.15, 0.2) is 0 Å². The Morgan fingerprint density at radius 2 is 0.735 bits per heavy atom. The molecule has 49 heavy (non-hydrogen) atoms. The molecule has 1 aliphatic rings. The van der Waals surface area contributed by atoms with Crippen molar-refractivity contribution in [2.75, 3.05) is 52.4 Å². The van der Waals surface area contributed by atoms with E-state index in [1.54, 1.807) is 0 Å². The predicted molar refractivity (Wildman–Crippen MR) is 219 cm³/mol. The minimum Gasteiger partial charge on any atom is -0.342 e. The number of carbonyl (C=O) groups is 1. The van der Waals surface area contributed by atoms with Crippen LogP contribution in [0.2, 0.25) is 0 Å². The minimum absolute atomic E-state index is 0.406. The molecule has 0 N–H and O–H groups in total. The molecular weight excluding hydrogens is 599 g/mol. The van der Waals surface area contributed by atoms with Gasteiger partial charge in [0.2, 0.25) is 5.91 Å². The number of piperidine rings is 1. The average Bonchev–Trinajstić information content (AvgIpc) is 3.11. The summed E-state index contributed by atoms with van der Waals surface area (Å²) in [5.74, 6) is 1.20. The highest BCUT2D eigenvalue weighted by Crippen LogP contribution is 2.22. The summed E-state index contributed by atoms with van der Waals surface area (Å²) in [5, 5.41) is 0. The van der Waals surface area contributed by atoms with Gasteiger partial charge in [-0.3, -0.25) is 9.69 Å². The van der Waals surface area contributed by atoms with E-state index < -0.39 is 0 Å². The molecule has 0 saturated carbocycles. The smallest absolute Gasteiger partial charge is 0.236 e. The van der Waals surface area contributed by atoms with Crippen molar-refractivity contribution in [1.82, 2.24) is 14.7 Å². The highest BCUT2D eigenvalue weighted by molar-refractivity contribution is 5.78. The average molecular weight is 690 g/mol. The Kier molecular flexibility index (Phi) is 33.9. The molecule has 0 radical (unpaired) electrons. The standard InChI is InChI=1S/C45H91N3O/c1-5-9-13-17-21-25-29-36-46(37-30-26-22-18-14-10-6-2)40-33-44-34-41-48(42-35-44)45(49)43-47(38-31-27-23-19-15-11-7-3)39-32-28-24-20-16-12-8-4/h44H,5-43H2,1-4H3. The van der Waals surface area contributed by atoms with E-state index in [4.69, 9.17) is 0 Å². The summed E-state index contributed by atoms with van der Waals surface area (Å²) in [4.78, 5) is 21.1. The van der Waals surface area contributed by atoms with Crippen LogP contribution < -0.4 is 0 Å². The van der Waals surface area contributed by atoms with Crippen LogP contribution in [0.5, 0.6) is 0 Å². The predicted octanol–water partition coefficient (Wildman–Crippen LogP) is 13.2. The zero-order valence-electron chi connectivity index (χ0n) is 34.4. The van der Waals surface area contributed by atoms with Gasteiger partial charge in [-0.05, 0) is 83.6 Å². The van der Waals surface area contributed by atoms with Crippen LogP contribution in [-0.4, -0.2) is 73.0 Å². The summed E-state index contributed by atoms with van der Waals surface area (Å²) in [5.41, 5.74) is 0. The number of likely N-dealkylation sites (tertiary alicyclic amines) is 1. The van der Waals surface area contributed by atoms with Gasteiger partial charge in [0.05, 0.1) is 6.54 Å². The maximum absolute atomic E-state index is 13.5. The van der Waals surface area contributed by atoms with Crippen LogP contribution in [-0.2, 0) is 4.79 Å². The Balaban J connectivity index is 2.45. The fourth-order valence-electron chi connectivity index (χ4n) is 7.90. The van der Waals surface area contributed by atoms with E-state index in [2.05, 4.69) is 42.4 Å². The summed E-state index contributed by atoms with van der Waals surface area (Å²) in [6.45, 7) is 17.9. The molecule has 1 amide bonds. The number of rotatable bonds is 37. The Morgan fingerprint density at radius 3 is 1.08 bits per heavy atom. The quantitative estimate of drug-likeness (QED) is 0.0608. The number of nitrogens with zero attached hydrogens (tertiary/aromatic N) is 3. The molecule has 4 nitrogen and oxygen atoms in total. The van der Waals surface area contributed by atoms with Crippen molar-refractivity contribution in [2.24, 2.45) is 5.92 Å². The first-order valence-corrected chi connectivity index (χ1v) is 22.9. The highest BCUT2D eigenvalue weighted by Gasteiger charge is 2.24. The molecule has 0 unspecified atom stereocenters. The molecule has 1 heterocycles. The van der Waals surface area contributed by atoms with E-state index >= 15 is 0 Å². The van der Waals surface area contributed by atoms with Gasteiger partial charge >= 0.3 is 0 Å². The van der Waals surface area contributed by atoms with Gasteiger partial charge in [0, 0.05) is 13.1 Å². The summed E-state index contributed by atoms with van der Waals surface area (Å²) in [6.07, 6.45) is 42.2. The monoisotopic (exact) mass is 690 g/mol. The molecule has 4 heteroatoms. The maximum atomic E-state index is 13.5. The molecule has 1 aliphatic heterocycles. The molecule has 292 valence electrons. The van der Waals surface area contributed by atoms with Crippen LogP contribution in [0.4, 0.5) is 0 Å². The molecule has 0 aromatic rings. The third kappa shape index (κ3) is 28.6. The van der Waals surface area contributed by atoms with Gasteiger partial charge < -0.3 is 9.80 Å². The van der Waals surface area contributed by atoms with E-state index in [9.17, 15) is 4.79 Å². The first-order valence-electron chi connectivity index (χ1n) is 22.9. The van der Waals surface area contributed by atoms with Crippen LogP contribution in [0.1, 0.15) is 227 Å². The Morgan fingerprint density at radius 1 is 0.429 bits per heavy atom. The third-order valence-electron chi connectivity index (χ3n) is 11.5. The van der Waals surface area contributed by atoms with Crippen LogP contribution in [0.25, 0.3) is 0 Å². The van der Waals surface area contributed by atoms with Crippen molar-refractivity contribution in [3.05, 3.63) is 0 Å². The Labute approximate surface area is 309 Å². The van der Waals surface area contributed by atoms with Crippen molar-refractivity contribution in [3.63, 3.8) is 0 Å². The summed E-state index contributed by atoms with van der Waals surface area (Å²) in [6, 6.07) is 0. The largest absolute Gasteiger partial charge is 0.342 e. The Bertz CT molecular complexity index is 640. The summed E-state index contributed by atoms with van der Waals surface area (Å²) >= 11 is 0. The fraction of sp³-hybridized carbons (Fsp3) is 0.978. The number of unbranched alkanes of at least 4 members (excludes halogenated alkanes) is 24. The zero-order valence-corrected chi connectivity index (χ0v) is 34.4. The first-order chi connectivity index (χ1) is 24.1. The molecular formula is C45H91N3O. The van der Waals surface area contributed by atoms with Gasteiger partial charge in [-0.1, -0.05) is 182 Å². The number of amides is 1. The minimum atomic E-state index is 0.406. The van der Waals surface area contributed by atoms with Crippen molar-refractivity contribution in [1.29, 1.82) is 0 Å². The molecule has 0 aromatic carbocycles. The maximum Gasteiger partial charge on any atom is 0.236 e. The molecule has 1 rings (SSSR count). The van der Waals surface area contributed by atoms with Crippen molar-refractivity contribution in [2.45, 2.75) is 227 Å². The van der Waals surface area contributed by atoms with E-state index in [1.165, 1.54) is 219 Å². The summed E-state index contributed by atoms with van der Waals surface area (Å²) < 4.78 is 0. The molecule has 0 bridgehead atoms. The number of hydrogen-bond acceptors (Lipinski definition) is 3. The lowest BCUT2D eigenvalue weighted by molar-refractivity contribution is -0.133. The molecule has 1 saturated heterocycles. The fourth-order valence-corrected chi connectivity index (χ4v) is 7.90. The normalized spacial score (nSPS) is 14.1. The van der Waals surface area contributed by atoms with E-state index in [0.717, 1.165) is 32.1 Å². The Hall–Kier alpha value is -0.610. The van der Waals surface area contributed by atoms with Crippen molar-refractivity contribution in [3.8, 4) is 0 Å². The van der Waals surface area contributed by atoms with Crippen LogP contribution >= 0.6 is 0 Å². The zero-order chi connectivity index (χ0) is 35.5. The third-order valence-corrected chi connectivity index (χ3v) is 11.5. The topological polar surface area (TPSA) is 26.8 Å². The highest BCUT2D eigenvalue weighted by atomic mass is 16.2. The van der Waals surface area contributed by atoms with Crippen molar-refractivity contribution < 1.29 is 4.79 Å². The molecule has 0 aliphatic carbocycles. The van der Waals surface area contributed by atoms with Crippen molar-refractivity contribution >= 4 is 5.91 Å². The molecule has 0 spiro atoms. The second-order valence-corrected chi connectivity index (χ2v) is 16.2. The lowest BCUT2D eigenvalue weighted by Gasteiger charge is -2.34. The molecule has 1 fully saturated rings. The lowest BCUT2D eigenvalue weighted by Crippen LogP contribution is -2.45. The van der Waals surface area contributed by atoms with E-state index in [-0.39, 0.29) is 0 Å². The number of carbonyl (C=O) groups excluding carboxylic acids is 1. The second-order valence-electron chi connectivity index (χ2n) is 16.2. The number of hydrogen-bond donors (Lipinski definition) is 0. The lowest BCUT2D eigenvalue weighted by atomic mass is 9.93. The van der Waals surface area contributed by atoms with Gasteiger partial charge in [-0.15, -0.1) is 0 Å². The van der Waals surface area contributed by atoms with E-state index in [1.807, 2.05) is 0 Å².